The fraction of sp³-hybridized carbons (Fsp3) is 0.222. The minimum Gasteiger partial charge on any atom is -0.476 e. The first-order valence-electron chi connectivity index (χ1n) is 8.72. The highest BCUT2D eigenvalue weighted by Gasteiger charge is 2.20. The largest absolute Gasteiger partial charge is 0.476 e. The monoisotopic (exact) mass is 414 g/mol. The van der Waals surface area contributed by atoms with Gasteiger partial charge in [-0.2, -0.15) is 10.2 Å². The SMILES string of the molecule is CN=C/C(=C\N)S(=O)(=O)c1ccc2c(=O)n(Cc3cc4n(n3)CCO4)ncc2c1. The van der Waals surface area contributed by atoms with Gasteiger partial charge in [0.05, 0.1) is 35.3 Å². The van der Waals surface area contributed by atoms with E-state index in [1.54, 1.807) is 10.7 Å². The summed E-state index contributed by atoms with van der Waals surface area (Å²) in [7, 11) is -2.40. The fourth-order valence-electron chi connectivity index (χ4n) is 3.10. The van der Waals surface area contributed by atoms with Crippen molar-refractivity contribution < 1.29 is 13.2 Å². The molecule has 0 radical (unpaired) electrons. The quantitative estimate of drug-likeness (QED) is 0.594. The second kappa shape index (κ2) is 7.17. The highest BCUT2D eigenvalue weighted by atomic mass is 32.2. The summed E-state index contributed by atoms with van der Waals surface area (Å²) in [5.41, 5.74) is 5.74. The molecule has 3 heterocycles. The minimum absolute atomic E-state index is 0.00299. The molecule has 3 aromatic rings. The third kappa shape index (κ3) is 3.29. The number of fused-ring (bicyclic) bond motifs is 2. The molecular weight excluding hydrogens is 396 g/mol. The Hall–Kier alpha value is -3.47. The molecular formula is C18H18N6O4S. The van der Waals surface area contributed by atoms with E-state index >= 15 is 0 Å². The van der Waals surface area contributed by atoms with Gasteiger partial charge in [0.25, 0.3) is 5.56 Å². The van der Waals surface area contributed by atoms with E-state index in [1.165, 1.54) is 42.3 Å². The van der Waals surface area contributed by atoms with Crippen LogP contribution in [0.4, 0.5) is 0 Å². The zero-order valence-electron chi connectivity index (χ0n) is 15.5. The second-order valence-corrected chi connectivity index (χ2v) is 8.31. The molecule has 0 amide bonds. The van der Waals surface area contributed by atoms with E-state index in [-0.39, 0.29) is 21.9 Å². The topological polar surface area (TPSA) is 134 Å². The molecule has 0 spiro atoms. The van der Waals surface area contributed by atoms with E-state index in [1.807, 2.05) is 0 Å². The van der Waals surface area contributed by atoms with Crippen LogP contribution in [0.25, 0.3) is 10.8 Å². The van der Waals surface area contributed by atoms with Crippen LogP contribution in [-0.4, -0.2) is 47.8 Å². The molecule has 0 bridgehead atoms. The number of nitrogens with two attached hydrogens (primary N) is 1. The van der Waals surface area contributed by atoms with Crippen molar-refractivity contribution in [1.29, 1.82) is 0 Å². The lowest BCUT2D eigenvalue weighted by Gasteiger charge is -2.08. The average Bonchev–Trinajstić information content (AvgIpc) is 3.29. The summed E-state index contributed by atoms with van der Waals surface area (Å²) in [6, 6.07) is 6.01. The summed E-state index contributed by atoms with van der Waals surface area (Å²) in [4.78, 5) is 16.4. The van der Waals surface area contributed by atoms with E-state index in [4.69, 9.17) is 10.5 Å². The van der Waals surface area contributed by atoms with Gasteiger partial charge >= 0.3 is 0 Å². The average molecular weight is 414 g/mol. The number of aliphatic imine (C=N–C) groups is 1. The van der Waals surface area contributed by atoms with Gasteiger partial charge in [-0.1, -0.05) is 0 Å². The molecule has 0 unspecified atom stereocenters. The zero-order chi connectivity index (χ0) is 20.6. The van der Waals surface area contributed by atoms with Gasteiger partial charge in [0.2, 0.25) is 15.7 Å². The Morgan fingerprint density at radius 3 is 2.93 bits per heavy atom. The van der Waals surface area contributed by atoms with Crippen molar-refractivity contribution in [1.82, 2.24) is 19.6 Å². The van der Waals surface area contributed by atoms with Gasteiger partial charge in [-0.3, -0.25) is 9.79 Å². The molecule has 0 atom stereocenters. The maximum Gasteiger partial charge on any atom is 0.274 e. The number of benzene rings is 1. The van der Waals surface area contributed by atoms with Crippen molar-refractivity contribution in [2.24, 2.45) is 10.7 Å². The Bertz CT molecular complexity index is 1300. The van der Waals surface area contributed by atoms with E-state index in [0.717, 1.165) is 6.20 Å². The van der Waals surface area contributed by atoms with Crippen molar-refractivity contribution in [2.45, 2.75) is 18.0 Å². The predicted octanol–water partition coefficient (Wildman–Crippen LogP) is 0.308. The van der Waals surface area contributed by atoms with E-state index in [0.29, 0.717) is 35.5 Å². The summed E-state index contributed by atoms with van der Waals surface area (Å²) in [5, 5.41) is 9.31. The molecule has 1 aromatic carbocycles. The number of nitrogens with zero attached hydrogens (tertiary/aromatic N) is 5. The number of hydrogen-bond donors (Lipinski definition) is 1. The highest BCUT2D eigenvalue weighted by Crippen LogP contribution is 2.22. The van der Waals surface area contributed by atoms with Crippen LogP contribution in [0, 0.1) is 0 Å². The van der Waals surface area contributed by atoms with Crippen LogP contribution in [0.15, 0.2) is 56.2 Å². The van der Waals surface area contributed by atoms with Crippen molar-refractivity contribution in [3.05, 3.63) is 57.6 Å². The first kappa shape index (κ1) is 18.9. The predicted molar refractivity (Wildman–Crippen MR) is 107 cm³/mol. The van der Waals surface area contributed by atoms with Crippen LogP contribution in [0.2, 0.25) is 0 Å². The molecule has 2 N–H and O–H groups in total. The Balaban J connectivity index is 1.71. The summed E-state index contributed by atoms with van der Waals surface area (Å²) < 4.78 is 33.8. The van der Waals surface area contributed by atoms with Gasteiger partial charge in [0.15, 0.2) is 0 Å². The number of aromatic nitrogens is 4. The summed E-state index contributed by atoms with van der Waals surface area (Å²) in [5.74, 6) is 0.670. The molecule has 0 saturated carbocycles. The van der Waals surface area contributed by atoms with Gasteiger partial charge in [-0.25, -0.2) is 17.8 Å². The highest BCUT2D eigenvalue weighted by molar-refractivity contribution is 7.96. The van der Waals surface area contributed by atoms with E-state index in [9.17, 15) is 13.2 Å². The molecule has 29 heavy (non-hydrogen) atoms. The van der Waals surface area contributed by atoms with Gasteiger partial charge in [-0.15, -0.1) is 0 Å². The Kier molecular flexibility index (Phi) is 4.66. The number of hydrogen-bond acceptors (Lipinski definition) is 8. The molecule has 2 aromatic heterocycles. The molecule has 0 fully saturated rings. The van der Waals surface area contributed by atoms with Crippen molar-refractivity contribution in [3.8, 4) is 5.88 Å². The van der Waals surface area contributed by atoms with Crippen LogP contribution in [-0.2, 0) is 22.9 Å². The third-order valence-electron chi connectivity index (χ3n) is 4.52. The lowest BCUT2D eigenvalue weighted by molar-refractivity contribution is 0.356. The third-order valence-corrected chi connectivity index (χ3v) is 6.26. The number of allylic oxidation sites excluding steroid dienone is 1. The van der Waals surface area contributed by atoms with E-state index < -0.39 is 9.84 Å². The van der Waals surface area contributed by atoms with Crippen LogP contribution in [0.1, 0.15) is 5.69 Å². The molecule has 10 nitrogen and oxygen atoms in total. The van der Waals surface area contributed by atoms with Crippen molar-refractivity contribution >= 4 is 26.8 Å². The number of ether oxygens (including phenoxy) is 1. The minimum atomic E-state index is -3.85. The number of sulfone groups is 1. The fourth-order valence-corrected chi connectivity index (χ4v) is 4.33. The molecule has 1 aliphatic rings. The maximum absolute atomic E-state index is 12.8. The van der Waals surface area contributed by atoms with Gasteiger partial charge in [0, 0.05) is 30.9 Å². The van der Waals surface area contributed by atoms with Crippen LogP contribution >= 0.6 is 0 Å². The lowest BCUT2D eigenvalue weighted by Crippen LogP contribution is -2.23. The summed E-state index contributed by atoms with van der Waals surface area (Å²) >= 11 is 0. The standard InChI is InChI=1S/C18H18N6O4S/c1-20-10-15(8-19)29(26,27)14-2-3-16-12(6-14)9-21-24(18(16)25)11-13-7-17-23(22-13)4-5-28-17/h2-3,6-10H,4-5,11,19H2,1H3/b15-8+,20-10?. The summed E-state index contributed by atoms with van der Waals surface area (Å²) in [6.07, 6.45) is 3.60. The molecule has 11 heteroatoms. The Morgan fingerprint density at radius 2 is 2.21 bits per heavy atom. The smallest absolute Gasteiger partial charge is 0.274 e. The van der Waals surface area contributed by atoms with Crippen LogP contribution in [0.5, 0.6) is 5.88 Å². The Labute approximate surface area is 165 Å². The second-order valence-electron chi connectivity index (χ2n) is 6.36. The first-order chi connectivity index (χ1) is 13.9. The molecule has 0 aliphatic carbocycles. The maximum atomic E-state index is 12.8. The molecule has 1 aliphatic heterocycles. The Morgan fingerprint density at radius 1 is 1.38 bits per heavy atom. The van der Waals surface area contributed by atoms with Crippen molar-refractivity contribution in [2.75, 3.05) is 13.7 Å². The van der Waals surface area contributed by atoms with Gasteiger partial charge in [0.1, 0.15) is 11.5 Å². The summed E-state index contributed by atoms with van der Waals surface area (Å²) in [6.45, 7) is 1.45. The molecule has 4 rings (SSSR count). The van der Waals surface area contributed by atoms with Gasteiger partial charge in [-0.05, 0) is 18.2 Å². The molecule has 150 valence electrons. The van der Waals surface area contributed by atoms with Crippen molar-refractivity contribution in [3.63, 3.8) is 0 Å². The van der Waals surface area contributed by atoms with Crippen LogP contribution in [0.3, 0.4) is 0 Å². The normalized spacial score (nSPS) is 14.4. The number of rotatable bonds is 5. The lowest BCUT2D eigenvalue weighted by atomic mass is 10.2. The van der Waals surface area contributed by atoms with Crippen LogP contribution < -0.4 is 16.0 Å². The first-order valence-corrected chi connectivity index (χ1v) is 10.2. The van der Waals surface area contributed by atoms with Gasteiger partial charge < -0.3 is 10.5 Å². The zero-order valence-corrected chi connectivity index (χ0v) is 16.3. The molecule has 0 saturated heterocycles. The van der Waals surface area contributed by atoms with E-state index in [2.05, 4.69) is 15.2 Å².